The summed E-state index contributed by atoms with van der Waals surface area (Å²) in [5.41, 5.74) is 2.42. The fourth-order valence-electron chi connectivity index (χ4n) is 2.81. The van der Waals surface area contributed by atoms with E-state index in [-0.39, 0.29) is 24.3 Å². The molecule has 0 aliphatic heterocycles. The van der Waals surface area contributed by atoms with Crippen molar-refractivity contribution < 1.29 is 14.4 Å². The highest BCUT2D eigenvalue weighted by Gasteiger charge is 2.12. The minimum atomic E-state index is -0.226. The van der Waals surface area contributed by atoms with Crippen LogP contribution < -0.4 is 16.0 Å². The lowest BCUT2D eigenvalue weighted by atomic mass is 10.1. The van der Waals surface area contributed by atoms with E-state index in [2.05, 4.69) is 16.0 Å². The van der Waals surface area contributed by atoms with Gasteiger partial charge >= 0.3 is 0 Å². The first-order valence-electron chi connectivity index (χ1n) is 9.79. The first-order chi connectivity index (χ1) is 14.0. The van der Waals surface area contributed by atoms with Gasteiger partial charge in [-0.15, -0.1) is 0 Å². The Kier molecular flexibility index (Phi) is 8.21. The zero-order valence-electron chi connectivity index (χ0n) is 17.1. The summed E-state index contributed by atoms with van der Waals surface area (Å²) in [6.07, 6.45) is 0. The molecule has 154 valence electrons. The van der Waals surface area contributed by atoms with Crippen LogP contribution in [-0.2, 0) is 4.79 Å². The van der Waals surface area contributed by atoms with Gasteiger partial charge in [-0.3, -0.25) is 14.4 Å². The first-order valence-corrected chi connectivity index (χ1v) is 9.79. The quantitative estimate of drug-likeness (QED) is 0.608. The molecule has 2 aromatic rings. The van der Waals surface area contributed by atoms with E-state index in [0.29, 0.717) is 42.1 Å². The fourth-order valence-corrected chi connectivity index (χ4v) is 2.81. The minimum absolute atomic E-state index is 0.0264. The van der Waals surface area contributed by atoms with Crippen LogP contribution in [0, 0.1) is 0 Å². The first kappa shape index (κ1) is 21.9. The molecule has 0 spiro atoms. The van der Waals surface area contributed by atoms with E-state index >= 15 is 0 Å². The number of hydrogen-bond acceptors (Lipinski definition) is 4. The lowest BCUT2D eigenvalue weighted by Gasteiger charge is -2.18. The third-order valence-corrected chi connectivity index (χ3v) is 4.38. The van der Waals surface area contributed by atoms with E-state index in [9.17, 15) is 14.4 Å². The van der Waals surface area contributed by atoms with Crippen molar-refractivity contribution in [3.63, 3.8) is 0 Å². The van der Waals surface area contributed by atoms with E-state index < -0.39 is 0 Å². The number of anilines is 2. The number of rotatable bonds is 9. The van der Waals surface area contributed by atoms with Gasteiger partial charge in [-0.1, -0.05) is 6.07 Å². The van der Waals surface area contributed by atoms with Gasteiger partial charge in [-0.05, 0) is 63.2 Å². The Balaban J connectivity index is 1.90. The normalized spacial score (nSPS) is 10.2. The molecule has 29 heavy (non-hydrogen) atoms. The smallest absolute Gasteiger partial charge is 0.253 e. The highest BCUT2D eigenvalue weighted by Crippen LogP contribution is 2.13. The van der Waals surface area contributed by atoms with E-state index in [1.54, 1.807) is 53.4 Å². The molecular weight excluding hydrogens is 368 g/mol. The van der Waals surface area contributed by atoms with E-state index in [0.717, 1.165) is 0 Å². The molecule has 0 saturated heterocycles. The summed E-state index contributed by atoms with van der Waals surface area (Å²) in [6.45, 7) is 7.65. The molecule has 2 aromatic carbocycles. The molecule has 2 rings (SSSR count). The van der Waals surface area contributed by atoms with Crippen molar-refractivity contribution in [2.24, 2.45) is 0 Å². The summed E-state index contributed by atoms with van der Waals surface area (Å²) in [5.74, 6) is -0.405. The number of benzene rings is 2. The lowest BCUT2D eigenvalue weighted by Crippen LogP contribution is -2.30. The molecular formula is C22H28N4O3. The number of amides is 3. The Hall–Kier alpha value is -3.35. The van der Waals surface area contributed by atoms with Crippen molar-refractivity contribution in [3.05, 3.63) is 59.7 Å². The van der Waals surface area contributed by atoms with Crippen LogP contribution in [0.4, 0.5) is 11.4 Å². The van der Waals surface area contributed by atoms with Crippen LogP contribution in [0.15, 0.2) is 48.5 Å². The highest BCUT2D eigenvalue weighted by molar-refractivity contribution is 5.97. The topological polar surface area (TPSA) is 90.5 Å². The number of carbonyl (C=O) groups excluding carboxylic acids is 3. The number of hydrogen-bond donors (Lipinski definition) is 3. The molecule has 3 amide bonds. The van der Waals surface area contributed by atoms with Crippen LogP contribution in [0.1, 0.15) is 41.5 Å². The van der Waals surface area contributed by atoms with Gasteiger partial charge in [-0.2, -0.15) is 0 Å². The maximum atomic E-state index is 12.3. The molecule has 0 unspecified atom stereocenters. The Bertz CT molecular complexity index is 845. The Labute approximate surface area is 171 Å². The van der Waals surface area contributed by atoms with Gasteiger partial charge in [0.05, 0.1) is 6.54 Å². The highest BCUT2D eigenvalue weighted by atomic mass is 16.2. The predicted molar refractivity (Wildman–Crippen MR) is 115 cm³/mol. The second-order valence-corrected chi connectivity index (χ2v) is 6.40. The maximum absolute atomic E-state index is 12.3. The van der Waals surface area contributed by atoms with Gasteiger partial charge in [0, 0.05) is 42.1 Å². The number of nitrogens with zero attached hydrogens (tertiary/aromatic N) is 1. The van der Waals surface area contributed by atoms with Crippen LogP contribution in [0.3, 0.4) is 0 Å². The zero-order valence-corrected chi connectivity index (χ0v) is 17.1. The van der Waals surface area contributed by atoms with Gasteiger partial charge in [0.1, 0.15) is 0 Å². The SMILES string of the molecule is CCNC(=O)c1cccc(NCC(=O)Nc2ccc(C(=O)N(CC)CC)cc2)c1. The molecule has 0 aliphatic rings. The van der Waals surface area contributed by atoms with E-state index in [4.69, 9.17) is 0 Å². The van der Waals surface area contributed by atoms with Gasteiger partial charge in [0.2, 0.25) is 5.91 Å². The van der Waals surface area contributed by atoms with Gasteiger partial charge in [-0.25, -0.2) is 0 Å². The van der Waals surface area contributed by atoms with Crippen LogP contribution in [0.5, 0.6) is 0 Å². The van der Waals surface area contributed by atoms with Crippen molar-refractivity contribution in [3.8, 4) is 0 Å². The van der Waals surface area contributed by atoms with Crippen LogP contribution in [0.25, 0.3) is 0 Å². The van der Waals surface area contributed by atoms with E-state index in [1.165, 1.54) is 0 Å². The Morgan fingerprint density at radius 3 is 2.17 bits per heavy atom. The van der Waals surface area contributed by atoms with Crippen LogP contribution in [-0.4, -0.2) is 48.8 Å². The minimum Gasteiger partial charge on any atom is -0.376 e. The summed E-state index contributed by atoms with van der Waals surface area (Å²) >= 11 is 0. The van der Waals surface area contributed by atoms with Crippen molar-refractivity contribution in [2.75, 3.05) is 36.8 Å². The summed E-state index contributed by atoms with van der Waals surface area (Å²) in [5, 5.41) is 8.54. The number of carbonyl (C=O) groups is 3. The third-order valence-electron chi connectivity index (χ3n) is 4.38. The molecule has 0 fully saturated rings. The van der Waals surface area contributed by atoms with Crippen molar-refractivity contribution in [1.29, 1.82) is 0 Å². The largest absolute Gasteiger partial charge is 0.376 e. The molecule has 0 saturated carbocycles. The summed E-state index contributed by atoms with van der Waals surface area (Å²) in [7, 11) is 0. The lowest BCUT2D eigenvalue weighted by molar-refractivity contribution is -0.114. The van der Waals surface area contributed by atoms with Gasteiger partial charge in [0.15, 0.2) is 0 Å². The Morgan fingerprint density at radius 2 is 1.55 bits per heavy atom. The van der Waals surface area contributed by atoms with Gasteiger partial charge in [0.25, 0.3) is 11.8 Å². The van der Waals surface area contributed by atoms with Crippen molar-refractivity contribution >= 4 is 29.1 Å². The average Bonchev–Trinajstić information content (AvgIpc) is 2.74. The summed E-state index contributed by atoms with van der Waals surface area (Å²) in [4.78, 5) is 38.1. The van der Waals surface area contributed by atoms with Crippen LogP contribution >= 0.6 is 0 Å². The Morgan fingerprint density at radius 1 is 0.862 bits per heavy atom. The average molecular weight is 396 g/mol. The molecule has 0 aliphatic carbocycles. The van der Waals surface area contributed by atoms with E-state index in [1.807, 2.05) is 20.8 Å². The van der Waals surface area contributed by atoms with Crippen molar-refractivity contribution in [1.82, 2.24) is 10.2 Å². The molecule has 0 aromatic heterocycles. The zero-order chi connectivity index (χ0) is 21.2. The molecule has 7 heteroatoms. The fraction of sp³-hybridized carbons (Fsp3) is 0.318. The summed E-state index contributed by atoms with van der Waals surface area (Å²) in [6, 6.07) is 13.8. The molecule has 0 atom stereocenters. The third kappa shape index (κ3) is 6.34. The van der Waals surface area contributed by atoms with Crippen LogP contribution in [0.2, 0.25) is 0 Å². The molecule has 3 N–H and O–H groups in total. The number of nitrogens with one attached hydrogen (secondary N) is 3. The second-order valence-electron chi connectivity index (χ2n) is 6.40. The molecule has 0 radical (unpaired) electrons. The van der Waals surface area contributed by atoms with Crippen molar-refractivity contribution in [2.45, 2.75) is 20.8 Å². The monoisotopic (exact) mass is 396 g/mol. The molecule has 7 nitrogen and oxygen atoms in total. The second kappa shape index (κ2) is 10.8. The predicted octanol–water partition coefficient (Wildman–Crippen LogP) is 2.97. The standard InChI is InChI=1S/C22H28N4O3/c1-4-23-21(28)17-8-7-9-19(14-17)24-15-20(27)25-18-12-10-16(11-13-18)22(29)26(5-2)6-3/h7-14,24H,4-6,15H2,1-3H3,(H,23,28)(H,25,27). The maximum Gasteiger partial charge on any atom is 0.253 e. The summed E-state index contributed by atoms with van der Waals surface area (Å²) < 4.78 is 0. The molecule has 0 bridgehead atoms. The van der Waals surface area contributed by atoms with Gasteiger partial charge < -0.3 is 20.9 Å². The molecule has 0 heterocycles.